The Kier molecular flexibility index (Phi) is 4.29. The van der Waals surface area contributed by atoms with Crippen LogP contribution in [0.3, 0.4) is 0 Å². The third-order valence-electron chi connectivity index (χ3n) is 2.92. The molecular formula is C16H17NO2. The van der Waals surface area contributed by atoms with Gasteiger partial charge in [-0.15, -0.1) is 0 Å². The van der Waals surface area contributed by atoms with Crippen LogP contribution in [0.2, 0.25) is 0 Å². The number of ether oxygens (including phenoxy) is 1. The van der Waals surface area contributed by atoms with Crippen LogP contribution in [0.4, 0.5) is 0 Å². The van der Waals surface area contributed by atoms with Crippen molar-refractivity contribution in [2.45, 2.75) is 19.8 Å². The summed E-state index contributed by atoms with van der Waals surface area (Å²) in [6.45, 7) is 2.14. The summed E-state index contributed by atoms with van der Waals surface area (Å²) >= 11 is 0. The zero-order valence-electron chi connectivity index (χ0n) is 11.2. The third kappa shape index (κ3) is 3.19. The number of rotatable bonds is 5. The number of carbonyl (C=O) groups excluding carboxylic acids is 1. The first-order valence-corrected chi connectivity index (χ1v) is 6.39. The average Bonchev–Trinajstić information content (AvgIpc) is 2.48. The Hall–Kier alpha value is -2.16. The maximum Gasteiger partial charge on any atom is 0.213 e. The molecule has 2 rings (SSSR count). The van der Waals surface area contributed by atoms with Gasteiger partial charge in [0.1, 0.15) is 5.69 Å². The minimum absolute atomic E-state index is 0.0815. The zero-order valence-corrected chi connectivity index (χ0v) is 11.2. The van der Waals surface area contributed by atoms with Gasteiger partial charge in [0.2, 0.25) is 11.7 Å². The molecule has 0 fully saturated rings. The molecule has 0 saturated carbocycles. The SMILES string of the molecule is CCCc1ccc(C(=O)c2cccc(OC)n2)cc1. The van der Waals surface area contributed by atoms with Gasteiger partial charge in [0, 0.05) is 11.6 Å². The van der Waals surface area contributed by atoms with E-state index < -0.39 is 0 Å². The predicted octanol–water partition coefficient (Wildman–Crippen LogP) is 3.27. The summed E-state index contributed by atoms with van der Waals surface area (Å²) in [4.78, 5) is 16.4. The van der Waals surface area contributed by atoms with Crippen molar-refractivity contribution in [1.82, 2.24) is 4.98 Å². The fourth-order valence-corrected chi connectivity index (χ4v) is 1.91. The van der Waals surface area contributed by atoms with Crippen LogP contribution >= 0.6 is 0 Å². The summed E-state index contributed by atoms with van der Waals surface area (Å²) in [5, 5.41) is 0. The highest BCUT2D eigenvalue weighted by Gasteiger charge is 2.11. The fourth-order valence-electron chi connectivity index (χ4n) is 1.91. The maximum absolute atomic E-state index is 12.3. The van der Waals surface area contributed by atoms with E-state index in [-0.39, 0.29) is 5.78 Å². The number of methoxy groups -OCH3 is 1. The van der Waals surface area contributed by atoms with Gasteiger partial charge < -0.3 is 4.74 Å². The lowest BCUT2D eigenvalue weighted by atomic mass is 10.0. The Labute approximate surface area is 113 Å². The Morgan fingerprint density at radius 2 is 1.89 bits per heavy atom. The molecule has 0 radical (unpaired) electrons. The second-order valence-corrected chi connectivity index (χ2v) is 4.34. The van der Waals surface area contributed by atoms with Crippen LogP contribution in [0.5, 0.6) is 5.88 Å². The van der Waals surface area contributed by atoms with Gasteiger partial charge in [0.05, 0.1) is 7.11 Å². The summed E-state index contributed by atoms with van der Waals surface area (Å²) in [5.74, 6) is 0.371. The first-order valence-electron chi connectivity index (χ1n) is 6.39. The molecule has 0 atom stereocenters. The maximum atomic E-state index is 12.3. The van der Waals surface area contributed by atoms with Crippen molar-refractivity contribution in [3.05, 3.63) is 59.3 Å². The molecule has 2 aromatic rings. The lowest BCUT2D eigenvalue weighted by Crippen LogP contribution is -2.04. The minimum Gasteiger partial charge on any atom is -0.481 e. The molecule has 1 heterocycles. The largest absolute Gasteiger partial charge is 0.481 e. The summed E-state index contributed by atoms with van der Waals surface area (Å²) in [6.07, 6.45) is 2.14. The van der Waals surface area contributed by atoms with Crippen LogP contribution in [-0.4, -0.2) is 17.9 Å². The lowest BCUT2D eigenvalue weighted by Gasteiger charge is -2.04. The number of hydrogen-bond donors (Lipinski definition) is 0. The highest BCUT2D eigenvalue weighted by atomic mass is 16.5. The van der Waals surface area contributed by atoms with Crippen LogP contribution in [0.1, 0.15) is 35.0 Å². The van der Waals surface area contributed by atoms with Gasteiger partial charge in [0.15, 0.2) is 0 Å². The molecule has 0 bridgehead atoms. The highest BCUT2D eigenvalue weighted by Crippen LogP contribution is 2.13. The van der Waals surface area contributed by atoms with E-state index in [1.165, 1.54) is 12.7 Å². The monoisotopic (exact) mass is 255 g/mol. The molecule has 0 aliphatic rings. The third-order valence-corrected chi connectivity index (χ3v) is 2.92. The van der Waals surface area contributed by atoms with E-state index in [0.717, 1.165) is 12.8 Å². The van der Waals surface area contributed by atoms with Crippen molar-refractivity contribution < 1.29 is 9.53 Å². The van der Waals surface area contributed by atoms with E-state index in [4.69, 9.17) is 4.74 Å². The first kappa shape index (κ1) is 13.3. The number of carbonyl (C=O) groups is 1. The van der Waals surface area contributed by atoms with Gasteiger partial charge in [-0.1, -0.05) is 43.7 Å². The number of nitrogens with zero attached hydrogens (tertiary/aromatic N) is 1. The van der Waals surface area contributed by atoms with E-state index in [2.05, 4.69) is 11.9 Å². The number of aryl methyl sites for hydroxylation is 1. The average molecular weight is 255 g/mol. The van der Waals surface area contributed by atoms with Gasteiger partial charge in [-0.05, 0) is 18.1 Å². The number of benzene rings is 1. The topological polar surface area (TPSA) is 39.2 Å². The molecule has 98 valence electrons. The summed E-state index contributed by atoms with van der Waals surface area (Å²) in [6, 6.07) is 12.9. The van der Waals surface area contributed by atoms with Gasteiger partial charge in [0.25, 0.3) is 0 Å². The summed E-state index contributed by atoms with van der Waals surface area (Å²) in [5.41, 5.74) is 2.31. The molecule has 0 aliphatic heterocycles. The van der Waals surface area contributed by atoms with Gasteiger partial charge in [-0.3, -0.25) is 4.79 Å². The fraction of sp³-hybridized carbons (Fsp3) is 0.250. The van der Waals surface area contributed by atoms with Crippen molar-refractivity contribution in [3.8, 4) is 5.88 Å². The van der Waals surface area contributed by atoms with E-state index >= 15 is 0 Å². The van der Waals surface area contributed by atoms with Crippen molar-refractivity contribution in [2.75, 3.05) is 7.11 Å². The van der Waals surface area contributed by atoms with E-state index in [0.29, 0.717) is 17.1 Å². The summed E-state index contributed by atoms with van der Waals surface area (Å²) in [7, 11) is 1.54. The predicted molar refractivity (Wildman–Crippen MR) is 74.7 cm³/mol. The van der Waals surface area contributed by atoms with Crippen LogP contribution in [0.25, 0.3) is 0 Å². The van der Waals surface area contributed by atoms with Gasteiger partial charge >= 0.3 is 0 Å². The smallest absolute Gasteiger partial charge is 0.213 e. The normalized spacial score (nSPS) is 10.2. The van der Waals surface area contributed by atoms with Crippen molar-refractivity contribution in [1.29, 1.82) is 0 Å². The molecule has 0 aliphatic carbocycles. The Balaban J connectivity index is 2.22. The molecule has 0 saturated heterocycles. The molecule has 1 aromatic heterocycles. The zero-order chi connectivity index (χ0) is 13.7. The lowest BCUT2D eigenvalue weighted by molar-refractivity contribution is 0.103. The molecule has 0 amide bonds. The van der Waals surface area contributed by atoms with E-state index in [9.17, 15) is 4.79 Å². The van der Waals surface area contributed by atoms with Crippen LogP contribution in [0.15, 0.2) is 42.5 Å². The van der Waals surface area contributed by atoms with E-state index in [1.807, 2.05) is 24.3 Å². The molecule has 1 aromatic carbocycles. The number of hydrogen-bond acceptors (Lipinski definition) is 3. The highest BCUT2D eigenvalue weighted by molar-refractivity contribution is 6.07. The van der Waals surface area contributed by atoms with Gasteiger partial charge in [-0.2, -0.15) is 0 Å². The molecule has 3 nitrogen and oxygen atoms in total. The molecule has 0 N–H and O–H groups in total. The molecule has 0 spiro atoms. The van der Waals surface area contributed by atoms with Crippen molar-refractivity contribution in [2.24, 2.45) is 0 Å². The number of pyridine rings is 1. The summed E-state index contributed by atoms with van der Waals surface area (Å²) < 4.78 is 5.03. The van der Waals surface area contributed by atoms with E-state index in [1.54, 1.807) is 18.2 Å². The second-order valence-electron chi connectivity index (χ2n) is 4.34. The quantitative estimate of drug-likeness (QED) is 0.770. The van der Waals surface area contributed by atoms with Crippen LogP contribution in [-0.2, 0) is 6.42 Å². The van der Waals surface area contributed by atoms with Crippen LogP contribution < -0.4 is 4.74 Å². The van der Waals surface area contributed by atoms with Crippen molar-refractivity contribution in [3.63, 3.8) is 0 Å². The molecule has 3 heteroatoms. The Morgan fingerprint density at radius 3 is 2.53 bits per heavy atom. The minimum atomic E-state index is -0.0815. The number of ketones is 1. The molecule has 0 unspecified atom stereocenters. The Morgan fingerprint density at radius 1 is 1.16 bits per heavy atom. The molecule has 19 heavy (non-hydrogen) atoms. The van der Waals surface area contributed by atoms with Gasteiger partial charge in [-0.25, -0.2) is 4.98 Å². The van der Waals surface area contributed by atoms with Crippen LogP contribution in [0, 0.1) is 0 Å². The standard InChI is InChI=1S/C16H17NO2/c1-3-5-12-8-10-13(11-9-12)16(18)14-6-4-7-15(17-14)19-2/h4,6-11H,3,5H2,1-2H3. The van der Waals surface area contributed by atoms with Crippen molar-refractivity contribution >= 4 is 5.78 Å². The molecular weight excluding hydrogens is 238 g/mol. The second kappa shape index (κ2) is 6.14. The first-order chi connectivity index (χ1) is 9.24. The Bertz CT molecular complexity index is 561. The number of aromatic nitrogens is 1.